The number of aromatic carboxylic acids is 1. The second kappa shape index (κ2) is 5.51. The van der Waals surface area contributed by atoms with Crippen LogP contribution in [0.1, 0.15) is 15.9 Å². The number of nitriles is 1. The number of benzene rings is 2. The van der Waals surface area contributed by atoms with E-state index in [4.69, 9.17) is 27.7 Å². The molecule has 0 unspecified atom stereocenters. The first kappa shape index (κ1) is 13.7. The lowest BCUT2D eigenvalue weighted by molar-refractivity contribution is 0.0698. The van der Waals surface area contributed by atoms with Crippen molar-refractivity contribution in [2.45, 2.75) is 0 Å². The van der Waals surface area contributed by atoms with Crippen molar-refractivity contribution in [1.82, 2.24) is 0 Å². The van der Waals surface area contributed by atoms with Crippen LogP contribution in [0.15, 0.2) is 36.4 Å². The zero-order valence-corrected chi connectivity index (χ0v) is 11.0. The molecule has 6 heteroatoms. The summed E-state index contributed by atoms with van der Waals surface area (Å²) >= 11 is 5.89. The molecule has 0 aliphatic carbocycles. The molecular weight excluding hydrogens is 278 g/mol. The normalized spacial score (nSPS) is 9.80. The van der Waals surface area contributed by atoms with Gasteiger partial charge < -0.3 is 16.2 Å². The summed E-state index contributed by atoms with van der Waals surface area (Å²) in [5.41, 5.74) is 7.37. The van der Waals surface area contributed by atoms with Crippen molar-refractivity contribution in [3.8, 4) is 6.07 Å². The highest BCUT2D eigenvalue weighted by Gasteiger charge is 2.09. The van der Waals surface area contributed by atoms with E-state index in [9.17, 15) is 4.79 Å². The molecule has 2 rings (SSSR count). The Kier molecular flexibility index (Phi) is 3.78. The van der Waals surface area contributed by atoms with Gasteiger partial charge in [-0.15, -0.1) is 0 Å². The number of nitrogens with one attached hydrogen (secondary N) is 1. The molecule has 20 heavy (non-hydrogen) atoms. The van der Waals surface area contributed by atoms with Gasteiger partial charge in [-0.2, -0.15) is 5.26 Å². The van der Waals surface area contributed by atoms with Crippen LogP contribution in [-0.4, -0.2) is 11.1 Å². The number of nitrogen functional groups attached to an aromatic ring is 1. The monoisotopic (exact) mass is 287 g/mol. The Labute approximate surface area is 120 Å². The van der Waals surface area contributed by atoms with E-state index in [1.807, 2.05) is 6.07 Å². The number of halogens is 1. The molecule has 0 aliphatic rings. The number of carboxylic acid groups (broad SMARTS) is 1. The molecule has 2 aromatic carbocycles. The van der Waals surface area contributed by atoms with Crippen molar-refractivity contribution < 1.29 is 9.90 Å². The summed E-state index contributed by atoms with van der Waals surface area (Å²) in [6.07, 6.45) is 0. The first-order valence-corrected chi connectivity index (χ1v) is 5.98. The van der Waals surface area contributed by atoms with Gasteiger partial charge in [0.1, 0.15) is 6.07 Å². The third-order valence-corrected chi connectivity index (χ3v) is 2.90. The first-order chi connectivity index (χ1) is 9.51. The van der Waals surface area contributed by atoms with Crippen molar-refractivity contribution in [1.29, 1.82) is 5.26 Å². The highest BCUT2D eigenvalue weighted by atomic mass is 35.5. The summed E-state index contributed by atoms with van der Waals surface area (Å²) in [5.74, 6) is -1.09. The quantitative estimate of drug-likeness (QED) is 0.753. The van der Waals surface area contributed by atoms with E-state index in [1.54, 1.807) is 24.3 Å². The van der Waals surface area contributed by atoms with Crippen LogP contribution in [-0.2, 0) is 0 Å². The lowest BCUT2D eigenvalue weighted by Gasteiger charge is -2.10. The Balaban J connectivity index is 2.36. The smallest absolute Gasteiger partial charge is 0.337 e. The van der Waals surface area contributed by atoms with E-state index in [-0.39, 0.29) is 11.3 Å². The molecule has 0 heterocycles. The highest BCUT2D eigenvalue weighted by molar-refractivity contribution is 6.30. The number of hydrogen-bond acceptors (Lipinski definition) is 4. The summed E-state index contributed by atoms with van der Waals surface area (Å²) in [7, 11) is 0. The molecule has 4 N–H and O–H groups in total. The maximum absolute atomic E-state index is 10.9. The number of nitrogens with two attached hydrogens (primary N) is 1. The number of rotatable bonds is 3. The van der Waals surface area contributed by atoms with Gasteiger partial charge >= 0.3 is 5.97 Å². The Hall–Kier alpha value is -2.71. The van der Waals surface area contributed by atoms with Crippen LogP contribution in [0.5, 0.6) is 0 Å². The van der Waals surface area contributed by atoms with Gasteiger partial charge in [-0.1, -0.05) is 11.6 Å². The van der Waals surface area contributed by atoms with Crippen molar-refractivity contribution >= 4 is 34.6 Å². The van der Waals surface area contributed by atoms with Gasteiger partial charge in [0.15, 0.2) is 0 Å². The van der Waals surface area contributed by atoms with Crippen LogP contribution >= 0.6 is 11.6 Å². The van der Waals surface area contributed by atoms with Crippen LogP contribution in [0.25, 0.3) is 0 Å². The molecule has 2 aromatic rings. The molecule has 0 spiro atoms. The Morgan fingerprint density at radius 3 is 2.65 bits per heavy atom. The molecular formula is C14H10ClN3O2. The predicted octanol–water partition coefficient (Wildman–Crippen LogP) is 3.24. The second-order valence-corrected chi connectivity index (χ2v) is 4.47. The Morgan fingerprint density at radius 1 is 1.30 bits per heavy atom. The zero-order valence-electron chi connectivity index (χ0n) is 10.2. The highest BCUT2D eigenvalue weighted by Crippen LogP contribution is 2.26. The number of carbonyl (C=O) groups is 1. The minimum atomic E-state index is -1.09. The molecule has 100 valence electrons. The summed E-state index contributed by atoms with van der Waals surface area (Å²) in [6.45, 7) is 0. The van der Waals surface area contributed by atoms with Gasteiger partial charge in [0.05, 0.1) is 16.8 Å². The van der Waals surface area contributed by atoms with Gasteiger partial charge in [-0.3, -0.25) is 0 Å². The molecule has 0 saturated heterocycles. The van der Waals surface area contributed by atoms with Crippen LogP contribution in [0.2, 0.25) is 5.02 Å². The number of carboxylic acids is 1. The average molecular weight is 288 g/mol. The molecule has 0 amide bonds. The predicted molar refractivity (Wildman–Crippen MR) is 77.3 cm³/mol. The van der Waals surface area contributed by atoms with Crippen LogP contribution < -0.4 is 11.1 Å². The van der Waals surface area contributed by atoms with Crippen LogP contribution in [0.4, 0.5) is 17.1 Å². The molecule has 0 radical (unpaired) electrons. The van der Waals surface area contributed by atoms with Crippen LogP contribution in [0, 0.1) is 11.3 Å². The molecule has 0 aromatic heterocycles. The van der Waals surface area contributed by atoms with E-state index in [1.165, 1.54) is 12.1 Å². The van der Waals surface area contributed by atoms with E-state index in [0.29, 0.717) is 22.0 Å². The minimum Gasteiger partial charge on any atom is -0.478 e. The van der Waals surface area contributed by atoms with Crippen molar-refractivity contribution in [2.75, 3.05) is 11.1 Å². The first-order valence-electron chi connectivity index (χ1n) is 5.61. The summed E-state index contributed by atoms with van der Waals surface area (Å²) < 4.78 is 0. The molecule has 0 atom stereocenters. The molecule has 0 bridgehead atoms. The van der Waals surface area contributed by atoms with E-state index < -0.39 is 5.97 Å². The fourth-order valence-electron chi connectivity index (χ4n) is 1.71. The van der Waals surface area contributed by atoms with Gasteiger partial charge in [0.2, 0.25) is 0 Å². The Bertz CT molecular complexity index is 723. The molecule has 0 aliphatic heterocycles. The summed E-state index contributed by atoms with van der Waals surface area (Å²) in [5, 5.41) is 21.4. The fourth-order valence-corrected chi connectivity index (χ4v) is 1.88. The SMILES string of the molecule is N#Cc1ccc(Cl)cc1Nc1ccc(C(=O)O)c(N)c1. The number of anilines is 3. The fraction of sp³-hybridized carbons (Fsp3) is 0. The maximum Gasteiger partial charge on any atom is 0.337 e. The maximum atomic E-state index is 10.9. The van der Waals surface area contributed by atoms with Crippen LogP contribution in [0.3, 0.4) is 0 Å². The van der Waals surface area contributed by atoms with Crippen molar-refractivity contribution in [3.05, 3.63) is 52.5 Å². The largest absolute Gasteiger partial charge is 0.478 e. The van der Waals surface area contributed by atoms with Crippen molar-refractivity contribution in [2.24, 2.45) is 0 Å². The van der Waals surface area contributed by atoms with Crippen molar-refractivity contribution in [3.63, 3.8) is 0 Å². The second-order valence-electron chi connectivity index (χ2n) is 4.03. The lowest BCUT2D eigenvalue weighted by Crippen LogP contribution is -2.03. The molecule has 0 fully saturated rings. The number of hydrogen-bond donors (Lipinski definition) is 3. The molecule has 5 nitrogen and oxygen atoms in total. The van der Waals surface area contributed by atoms with E-state index in [2.05, 4.69) is 5.32 Å². The van der Waals surface area contributed by atoms with Gasteiger partial charge in [0, 0.05) is 16.4 Å². The van der Waals surface area contributed by atoms with E-state index in [0.717, 1.165) is 0 Å². The van der Waals surface area contributed by atoms with Gasteiger partial charge in [0.25, 0.3) is 0 Å². The summed E-state index contributed by atoms with van der Waals surface area (Å²) in [6, 6.07) is 11.3. The number of nitrogens with zero attached hydrogens (tertiary/aromatic N) is 1. The topological polar surface area (TPSA) is 99.1 Å². The third-order valence-electron chi connectivity index (χ3n) is 2.66. The van der Waals surface area contributed by atoms with Gasteiger partial charge in [-0.25, -0.2) is 4.79 Å². The standard InChI is InChI=1S/C14H10ClN3O2/c15-9-2-1-8(7-16)13(5-9)18-10-3-4-11(14(19)20)12(17)6-10/h1-6,18H,17H2,(H,19,20). The van der Waals surface area contributed by atoms with Gasteiger partial charge in [-0.05, 0) is 36.4 Å². The Morgan fingerprint density at radius 2 is 2.05 bits per heavy atom. The average Bonchev–Trinajstić information content (AvgIpc) is 2.38. The lowest BCUT2D eigenvalue weighted by atomic mass is 10.1. The third kappa shape index (κ3) is 2.82. The zero-order chi connectivity index (χ0) is 14.7. The summed E-state index contributed by atoms with van der Waals surface area (Å²) in [4.78, 5) is 10.9. The minimum absolute atomic E-state index is 0.0298. The van der Waals surface area contributed by atoms with E-state index >= 15 is 0 Å². The molecule has 0 saturated carbocycles.